The molecule has 0 spiro atoms. The van der Waals surface area contributed by atoms with E-state index < -0.39 is 0 Å². The summed E-state index contributed by atoms with van der Waals surface area (Å²) in [4.78, 5) is 0. The van der Waals surface area contributed by atoms with Crippen molar-refractivity contribution in [3.63, 3.8) is 0 Å². The van der Waals surface area contributed by atoms with Crippen LogP contribution in [0, 0.1) is 11.7 Å². The quantitative estimate of drug-likeness (QED) is 0.802. The average molecular weight is 223 g/mol. The van der Waals surface area contributed by atoms with Crippen LogP contribution in [0.5, 0.6) is 0 Å². The predicted octanol–water partition coefficient (Wildman–Crippen LogP) is 2.25. The zero-order chi connectivity index (χ0) is 11.5. The van der Waals surface area contributed by atoms with Gasteiger partial charge in [-0.15, -0.1) is 0 Å². The van der Waals surface area contributed by atoms with Crippen LogP contribution in [0.2, 0.25) is 0 Å². The van der Waals surface area contributed by atoms with Gasteiger partial charge in [-0.2, -0.15) is 0 Å². The maximum atomic E-state index is 13.4. The van der Waals surface area contributed by atoms with Crippen molar-refractivity contribution >= 4 is 0 Å². The Morgan fingerprint density at radius 3 is 2.75 bits per heavy atom. The van der Waals surface area contributed by atoms with E-state index in [1.54, 1.807) is 12.1 Å². The van der Waals surface area contributed by atoms with Gasteiger partial charge in [-0.05, 0) is 31.7 Å². The van der Waals surface area contributed by atoms with Gasteiger partial charge in [0.25, 0.3) is 0 Å². The number of hydrogen-bond donors (Lipinski definition) is 2. The van der Waals surface area contributed by atoms with E-state index in [9.17, 15) is 9.50 Å². The molecule has 1 aliphatic rings. The van der Waals surface area contributed by atoms with Crippen LogP contribution in [-0.4, -0.2) is 17.8 Å². The molecule has 0 amide bonds. The Morgan fingerprint density at radius 2 is 2.12 bits per heavy atom. The molecule has 2 N–H and O–H groups in total. The van der Waals surface area contributed by atoms with Crippen LogP contribution in [0.4, 0.5) is 4.39 Å². The third-order valence-corrected chi connectivity index (χ3v) is 3.17. The minimum atomic E-state index is -0.283. The summed E-state index contributed by atoms with van der Waals surface area (Å²) in [5, 5.41) is 12.9. The van der Waals surface area contributed by atoms with Gasteiger partial charge in [-0.3, -0.25) is 0 Å². The summed E-state index contributed by atoms with van der Waals surface area (Å²) in [5.41, 5.74) is 0.658. The number of rotatable bonds is 5. The smallest absolute Gasteiger partial charge is 0.127 e. The Kier molecular flexibility index (Phi) is 3.56. The van der Waals surface area contributed by atoms with E-state index in [4.69, 9.17) is 0 Å². The summed E-state index contributed by atoms with van der Waals surface area (Å²) in [5.74, 6) is 0.267. The molecule has 1 fully saturated rings. The Balaban J connectivity index is 1.87. The van der Waals surface area contributed by atoms with Crippen molar-refractivity contribution in [2.24, 2.45) is 5.92 Å². The van der Waals surface area contributed by atoms with Gasteiger partial charge in [-0.1, -0.05) is 18.2 Å². The number of aliphatic hydroxyl groups is 1. The van der Waals surface area contributed by atoms with Crippen molar-refractivity contribution in [3.8, 4) is 0 Å². The van der Waals surface area contributed by atoms with Crippen molar-refractivity contribution in [2.45, 2.75) is 31.9 Å². The predicted molar refractivity (Wildman–Crippen MR) is 61.5 cm³/mol. The van der Waals surface area contributed by atoms with Gasteiger partial charge in [0.1, 0.15) is 5.82 Å². The topological polar surface area (TPSA) is 32.3 Å². The number of nitrogens with one attached hydrogen (secondary N) is 1. The number of halogens is 1. The lowest BCUT2D eigenvalue weighted by atomic mass is 10.1. The third-order valence-electron chi connectivity index (χ3n) is 3.17. The first-order valence-corrected chi connectivity index (χ1v) is 5.84. The van der Waals surface area contributed by atoms with Crippen molar-refractivity contribution in [1.82, 2.24) is 5.32 Å². The van der Waals surface area contributed by atoms with Gasteiger partial charge in [-0.25, -0.2) is 4.39 Å². The molecule has 0 heterocycles. The highest BCUT2D eigenvalue weighted by Crippen LogP contribution is 2.32. The molecule has 2 nitrogen and oxygen atoms in total. The molecular weight excluding hydrogens is 205 g/mol. The van der Waals surface area contributed by atoms with Gasteiger partial charge in [0, 0.05) is 18.2 Å². The second kappa shape index (κ2) is 4.93. The molecule has 1 aliphatic carbocycles. The second-order valence-corrected chi connectivity index (χ2v) is 4.56. The van der Waals surface area contributed by atoms with Gasteiger partial charge in [0.05, 0.1) is 6.10 Å². The molecule has 1 aromatic carbocycles. The molecule has 2 atom stereocenters. The van der Waals surface area contributed by atoms with Crippen molar-refractivity contribution in [3.05, 3.63) is 35.6 Å². The molecule has 88 valence electrons. The monoisotopic (exact) mass is 223 g/mol. The summed E-state index contributed by atoms with van der Waals surface area (Å²) in [6.07, 6.45) is 1.96. The Bertz CT molecular complexity index is 352. The van der Waals surface area contributed by atoms with E-state index in [1.165, 1.54) is 6.07 Å². The minimum absolute atomic E-state index is 0.0606. The molecule has 0 saturated heterocycles. The van der Waals surface area contributed by atoms with Crippen molar-refractivity contribution < 1.29 is 9.50 Å². The first-order valence-electron chi connectivity index (χ1n) is 5.84. The highest BCUT2D eigenvalue weighted by molar-refractivity contribution is 5.20. The van der Waals surface area contributed by atoms with Crippen molar-refractivity contribution in [2.75, 3.05) is 6.54 Å². The fourth-order valence-corrected chi connectivity index (χ4v) is 1.88. The van der Waals surface area contributed by atoms with E-state index in [-0.39, 0.29) is 18.0 Å². The maximum Gasteiger partial charge on any atom is 0.127 e. The zero-order valence-corrected chi connectivity index (χ0v) is 9.49. The summed E-state index contributed by atoms with van der Waals surface area (Å²) in [6, 6.07) is 6.69. The largest absolute Gasteiger partial charge is 0.392 e. The van der Waals surface area contributed by atoms with Crippen LogP contribution < -0.4 is 5.32 Å². The highest BCUT2D eigenvalue weighted by Gasteiger charge is 2.29. The van der Waals surface area contributed by atoms with E-state index in [1.807, 2.05) is 13.0 Å². The fraction of sp³-hybridized carbons (Fsp3) is 0.538. The van der Waals surface area contributed by atoms with Crippen molar-refractivity contribution in [1.29, 1.82) is 0 Å². The molecule has 0 aliphatic heterocycles. The third kappa shape index (κ3) is 2.80. The molecular formula is C13H18FNO. The fourth-order valence-electron chi connectivity index (χ4n) is 1.88. The van der Waals surface area contributed by atoms with E-state index in [0.29, 0.717) is 18.0 Å². The van der Waals surface area contributed by atoms with Gasteiger partial charge in [0.15, 0.2) is 0 Å². The van der Waals surface area contributed by atoms with Gasteiger partial charge < -0.3 is 10.4 Å². The number of benzene rings is 1. The molecule has 2 rings (SSSR count). The molecule has 1 saturated carbocycles. The zero-order valence-electron chi connectivity index (χ0n) is 9.49. The Labute approximate surface area is 95.5 Å². The summed E-state index contributed by atoms with van der Waals surface area (Å²) in [7, 11) is 0. The first kappa shape index (κ1) is 11.6. The molecule has 0 aromatic heterocycles. The summed E-state index contributed by atoms with van der Waals surface area (Å²) in [6.45, 7) is 2.46. The van der Waals surface area contributed by atoms with Crippen LogP contribution in [-0.2, 0) is 0 Å². The SMILES string of the molecule is CC(NCC(O)C1CC1)c1ccccc1F. The standard InChI is InChI=1S/C13H18FNO/c1-9(11-4-2-3-5-12(11)14)15-8-13(16)10-6-7-10/h2-5,9-10,13,15-16H,6-8H2,1H3. The normalized spacial score (nSPS) is 19.4. The minimum Gasteiger partial charge on any atom is -0.392 e. The molecule has 0 bridgehead atoms. The number of aliphatic hydroxyl groups excluding tert-OH is 1. The number of hydrogen-bond acceptors (Lipinski definition) is 2. The lowest BCUT2D eigenvalue weighted by Crippen LogP contribution is -2.30. The van der Waals surface area contributed by atoms with Crippen LogP contribution >= 0.6 is 0 Å². The summed E-state index contributed by atoms with van der Waals surface area (Å²) < 4.78 is 13.4. The molecule has 2 unspecified atom stereocenters. The Morgan fingerprint density at radius 1 is 1.44 bits per heavy atom. The van der Waals surface area contributed by atoms with E-state index >= 15 is 0 Å². The average Bonchev–Trinajstić information content (AvgIpc) is 3.10. The van der Waals surface area contributed by atoms with Crippen LogP contribution in [0.3, 0.4) is 0 Å². The van der Waals surface area contributed by atoms with Crippen LogP contribution in [0.25, 0.3) is 0 Å². The second-order valence-electron chi connectivity index (χ2n) is 4.56. The summed E-state index contributed by atoms with van der Waals surface area (Å²) >= 11 is 0. The lowest BCUT2D eigenvalue weighted by molar-refractivity contribution is 0.145. The van der Waals surface area contributed by atoms with E-state index in [0.717, 1.165) is 12.8 Å². The Hall–Kier alpha value is -0.930. The molecule has 0 radical (unpaired) electrons. The van der Waals surface area contributed by atoms with Crippen LogP contribution in [0.1, 0.15) is 31.4 Å². The van der Waals surface area contributed by atoms with Gasteiger partial charge >= 0.3 is 0 Å². The lowest BCUT2D eigenvalue weighted by Gasteiger charge is -2.17. The van der Waals surface area contributed by atoms with Crippen LogP contribution in [0.15, 0.2) is 24.3 Å². The molecule has 1 aromatic rings. The molecule has 3 heteroatoms. The first-order chi connectivity index (χ1) is 7.68. The van der Waals surface area contributed by atoms with Gasteiger partial charge in [0.2, 0.25) is 0 Å². The highest BCUT2D eigenvalue weighted by atomic mass is 19.1. The molecule has 16 heavy (non-hydrogen) atoms. The maximum absolute atomic E-state index is 13.4. The van der Waals surface area contributed by atoms with E-state index in [2.05, 4.69) is 5.32 Å².